The van der Waals surface area contributed by atoms with Crippen LogP contribution >= 0.6 is 11.3 Å². The van der Waals surface area contributed by atoms with E-state index in [0.717, 1.165) is 17.7 Å². The molecule has 10 heteroatoms. The summed E-state index contributed by atoms with van der Waals surface area (Å²) in [6.07, 6.45) is 13.1. The van der Waals surface area contributed by atoms with Gasteiger partial charge in [-0.25, -0.2) is 0 Å². The Morgan fingerprint density at radius 1 is 1.05 bits per heavy atom. The highest BCUT2D eigenvalue weighted by Crippen LogP contribution is 2.43. The largest absolute Gasteiger partial charge is 0.496 e. The molecule has 1 amide bonds. The van der Waals surface area contributed by atoms with Gasteiger partial charge in [0.15, 0.2) is 5.82 Å². The molecule has 1 N–H and O–H groups in total. The van der Waals surface area contributed by atoms with Crippen molar-refractivity contribution in [1.29, 1.82) is 0 Å². The summed E-state index contributed by atoms with van der Waals surface area (Å²) in [6, 6.07) is 7.47. The lowest BCUT2D eigenvalue weighted by Gasteiger charge is -2.28. The highest BCUT2D eigenvalue weighted by atomic mass is 32.1. The minimum absolute atomic E-state index is 0.175. The van der Waals surface area contributed by atoms with E-state index in [-0.39, 0.29) is 5.91 Å². The molecule has 0 aliphatic rings. The molecule has 0 bridgehead atoms. The first-order valence-corrected chi connectivity index (χ1v) is 14.0. The number of carbonyl (C=O) groups excluding carboxylic acids is 1. The van der Waals surface area contributed by atoms with Crippen molar-refractivity contribution in [3.8, 4) is 17.2 Å². The molecule has 206 valence electrons. The number of carbonyl (C=O) groups is 1. The number of tetrazole rings is 1. The molecule has 38 heavy (non-hydrogen) atoms. The smallest absolute Gasteiger partial charge is 0.238 e. The summed E-state index contributed by atoms with van der Waals surface area (Å²) in [5, 5.41) is 16.5. The predicted octanol–water partition coefficient (Wildman–Crippen LogP) is 5.95. The number of amides is 1. The van der Waals surface area contributed by atoms with Crippen molar-refractivity contribution in [3.05, 3.63) is 52.5 Å². The second-order valence-electron chi connectivity index (χ2n) is 8.96. The van der Waals surface area contributed by atoms with Gasteiger partial charge in [0.1, 0.15) is 28.9 Å². The minimum atomic E-state index is -0.643. The highest BCUT2D eigenvalue weighted by Gasteiger charge is 2.33. The zero-order chi connectivity index (χ0) is 27.2. The third-order valence-electron chi connectivity index (χ3n) is 6.36. The quantitative estimate of drug-likeness (QED) is 0.166. The van der Waals surface area contributed by atoms with Crippen LogP contribution in [0.2, 0.25) is 0 Å². The molecule has 1 atom stereocenters. The monoisotopic (exact) mass is 541 g/mol. The lowest BCUT2D eigenvalue weighted by molar-refractivity contribution is -0.120. The number of rotatable bonds is 17. The average molecular weight is 542 g/mol. The molecular weight excluding hydrogens is 502 g/mol. The van der Waals surface area contributed by atoms with Gasteiger partial charge in [-0.3, -0.25) is 4.79 Å². The molecule has 0 fully saturated rings. The van der Waals surface area contributed by atoms with Gasteiger partial charge in [-0.15, -0.1) is 21.5 Å². The molecule has 2 heterocycles. The van der Waals surface area contributed by atoms with Gasteiger partial charge in [0.05, 0.1) is 21.3 Å². The molecule has 0 aliphatic carbocycles. The second kappa shape index (κ2) is 15.8. The lowest BCUT2D eigenvalue weighted by atomic mass is 10.0. The molecule has 3 rings (SSSR count). The van der Waals surface area contributed by atoms with Crippen LogP contribution < -0.4 is 19.1 Å². The maximum atomic E-state index is 14.3. The number of ether oxygens (including phenoxy) is 3. The van der Waals surface area contributed by atoms with Crippen LogP contribution in [0.1, 0.15) is 68.5 Å². The summed E-state index contributed by atoms with van der Waals surface area (Å²) >= 11 is 1.59. The molecule has 0 radical (unpaired) electrons. The van der Waals surface area contributed by atoms with Crippen LogP contribution in [-0.2, 0) is 11.2 Å². The number of H-pyrrole nitrogens is 1. The van der Waals surface area contributed by atoms with Gasteiger partial charge >= 0.3 is 0 Å². The van der Waals surface area contributed by atoms with Crippen molar-refractivity contribution in [2.75, 3.05) is 32.8 Å². The third kappa shape index (κ3) is 8.05. The van der Waals surface area contributed by atoms with Crippen molar-refractivity contribution in [1.82, 2.24) is 20.6 Å². The van der Waals surface area contributed by atoms with Crippen molar-refractivity contribution in [2.45, 2.75) is 64.2 Å². The predicted molar refractivity (Wildman–Crippen MR) is 151 cm³/mol. The van der Waals surface area contributed by atoms with Crippen LogP contribution in [0.3, 0.4) is 0 Å². The van der Waals surface area contributed by atoms with Gasteiger partial charge in [-0.2, -0.15) is 5.21 Å². The number of nitrogens with one attached hydrogen (secondary N) is 1. The number of aromatic amines is 1. The van der Waals surface area contributed by atoms with Gasteiger partial charge < -0.3 is 19.1 Å². The Labute approximate surface area is 229 Å². The Balaban J connectivity index is 1.90. The summed E-state index contributed by atoms with van der Waals surface area (Å²) in [6.45, 7) is 2.57. The van der Waals surface area contributed by atoms with E-state index in [4.69, 9.17) is 14.2 Å². The Morgan fingerprint density at radius 3 is 2.39 bits per heavy atom. The number of hydrogen-bond acceptors (Lipinski definition) is 8. The molecule has 0 aliphatic heterocycles. The van der Waals surface area contributed by atoms with Crippen LogP contribution in [0.5, 0.6) is 17.2 Å². The number of hydrogen-bond donors (Lipinski definition) is 1. The maximum Gasteiger partial charge on any atom is 0.238 e. The molecule has 0 spiro atoms. The van der Waals surface area contributed by atoms with Gasteiger partial charge in [0.2, 0.25) is 5.91 Å². The summed E-state index contributed by atoms with van der Waals surface area (Å²) in [7, 11) is 4.71. The normalized spacial score (nSPS) is 12.0. The standard InChI is InChI=1S/C28H39N5O4S/c1-5-6-7-8-9-10-11-12-13-16-33(26-24(36-3)18-21(35-2)19-25(26)37-4)28(34)23(27-29-31-32-30-27)20-22-15-14-17-38-22/h12-15,17-19,23H,5-11,16,20H2,1-4H3,(H,29,30,31,32). The SMILES string of the molecule is CCCCCCCCC=CCN(C(=O)C(Cc1cccs1)c1nn[nH]n1)c1c(OC)cc(OC)cc1OC. The van der Waals surface area contributed by atoms with E-state index >= 15 is 0 Å². The van der Waals surface area contributed by atoms with E-state index in [1.165, 1.54) is 32.1 Å². The van der Waals surface area contributed by atoms with E-state index < -0.39 is 5.92 Å². The lowest BCUT2D eigenvalue weighted by Crippen LogP contribution is -2.37. The van der Waals surface area contributed by atoms with E-state index in [1.807, 2.05) is 23.6 Å². The fraction of sp³-hybridized carbons (Fsp3) is 0.500. The number of nitrogens with zero attached hydrogens (tertiary/aromatic N) is 4. The summed E-state index contributed by atoms with van der Waals surface area (Å²) < 4.78 is 16.8. The second-order valence-corrected chi connectivity index (χ2v) is 10.00. The number of anilines is 1. The van der Waals surface area contributed by atoms with Gasteiger partial charge in [0, 0.05) is 30.0 Å². The number of benzene rings is 1. The number of thiophene rings is 1. The molecule has 3 aromatic rings. The fourth-order valence-electron chi connectivity index (χ4n) is 4.31. The molecule has 2 aromatic heterocycles. The van der Waals surface area contributed by atoms with Crippen LogP contribution in [0, 0.1) is 0 Å². The Bertz CT molecular complexity index is 1090. The molecule has 1 unspecified atom stereocenters. The topological polar surface area (TPSA) is 102 Å². The molecule has 0 saturated heterocycles. The van der Waals surface area contributed by atoms with Crippen LogP contribution in [-0.4, -0.2) is 54.4 Å². The van der Waals surface area contributed by atoms with Crippen LogP contribution in [0.4, 0.5) is 5.69 Å². The van der Waals surface area contributed by atoms with Gasteiger partial charge in [-0.05, 0) is 24.3 Å². The van der Waals surface area contributed by atoms with Crippen LogP contribution in [0.15, 0.2) is 41.8 Å². The Morgan fingerprint density at radius 2 is 1.79 bits per heavy atom. The van der Waals surface area contributed by atoms with E-state index in [2.05, 4.69) is 33.6 Å². The van der Waals surface area contributed by atoms with Crippen molar-refractivity contribution < 1.29 is 19.0 Å². The van der Waals surface area contributed by atoms with Gasteiger partial charge in [-0.1, -0.05) is 62.5 Å². The van der Waals surface area contributed by atoms with Crippen molar-refractivity contribution >= 4 is 22.9 Å². The summed E-state index contributed by atoms with van der Waals surface area (Å²) in [5.74, 6) is 1.04. The van der Waals surface area contributed by atoms with Crippen LogP contribution in [0.25, 0.3) is 0 Å². The van der Waals surface area contributed by atoms with E-state index in [9.17, 15) is 4.79 Å². The Hall–Kier alpha value is -3.40. The summed E-state index contributed by atoms with van der Waals surface area (Å²) in [5.41, 5.74) is 0.532. The highest BCUT2D eigenvalue weighted by molar-refractivity contribution is 7.09. The number of allylic oxidation sites excluding steroid dienone is 1. The zero-order valence-corrected chi connectivity index (χ0v) is 23.6. The number of methoxy groups -OCH3 is 3. The first kappa shape index (κ1) is 29.2. The molecule has 9 nitrogen and oxygen atoms in total. The Kier molecular flexibility index (Phi) is 12.1. The first-order chi connectivity index (χ1) is 18.6. The zero-order valence-electron chi connectivity index (χ0n) is 22.8. The molecular formula is C28H39N5O4S. The summed E-state index contributed by atoms with van der Waals surface area (Å²) in [4.78, 5) is 17.0. The minimum Gasteiger partial charge on any atom is -0.496 e. The van der Waals surface area contributed by atoms with Crippen molar-refractivity contribution in [3.63, 3.8) is 0 Å². The first-order valence-electron chi connectivity index (χ1n) is 13.1. The number of unbranched alkanes of at least 4 members (excludes halogenated alkanes) is 6. The average Bonchev–Trinajstić information content (AvgIpc) is 3.67. The van der Waals surface area contributed by atoms with E-state index in [1.54, 1.807) is 49.7 Å². The van der Waals surface area contributed by atoms with Crippen molar-refractivity contribution in [2.24, 2.45) is 0 Å². The van der Waals surface area contributed by atoms with E-state index in [0.29, 0.717) is 41.7 Å². The van der Waals surface area contributed by atoms with Gasteiger partial charge in [0.25, 0.3) is 0 Å². The fourth-order valence-corrected chi connectivity index (χ4v) is 5.06. The third-order valence-corrected chi connectivity index (χ3v) is 7.26. The molecule has 0 saturated carbocycles. The molecule has 1 aromatic carbocycles. The number of aromatic nitrogens is 4. The maximum absolute atomic E-state index is 14.3.